The molecule has 0 aromatic heterocycles. The van der Waals surface area contributed by atoms with Gasteiger partial charge in [-0.2, -0.15) is 6.41 Å². The number of hydrogen-bond acceptors (Lipinski definition) is 2. The maximum atomic E-state index is 11.3. The van der Waals surface area contributed by atoms with Crippen molar-refractivity contribution in [1.29, 1.82) is 0 Å². The molecule has 0 heterocycles. The van der Waals surface area contributed by atoms with E-state index in [9.17, 15) is 9.59 Å². The largest absolute Gasteiger partial charge is 0.528 e. The van der Waals surface area contributed by atoms with Gasteiger partial charge in [0, 0.05) is 56.5 Å². The van der Waals surface area contributed by atoms with E-state index in [1.807, 2.05) is 0 Å². The minimum atomic E-state index is -0.352. The van der Waals surface area contributed by atoms with E-state index in [1.165, 1.54) is 6.41 Å². The SMILES string of the molecule is O=[C-]NCCNC(=O)Nc1cccc(Cl)c1.[CH3-].[Y]. The van der Waals surface area contributed by atoms with Crippen LogP contribution in [0.5, 0.6) is 0 Å². The van der Waals surface area contributed by atoms with Crippen LogP contribution in [-0.2, 0) is 37.5 Å². The zero-order valence-electron chi connectivity index (χ0n) is 10.00. The molecule has 0 aliphatic heterocycles. The molecule has 1 radical (unpaired) electrons. The second-order valence-electron chi connectivity index (χ2n) is 2.92. The van der Waals surface area contributed by atoms with Crippen molar-refractivity contribution in [2.45, 2.75) is 0 Å². The van der Waals surface area contributed by atoms with Crippen LogP contribution in [0.2, 0.25) is 5.02 Å². The topological polar surface area (TPSA) is 70.2 Å². The van der Waals surface area contributed by atoms with Gasteiger partial charge in [0.15, 0.2) is 0 Å². The van der Waals surface area contributed by atoms with Gasteiger partial charge in [-0.15, -0.1) is 0 Å². The molecule has 5 nitrogen and oxygen atoms in total. The van der Waals surface area contributed by atoms with Crippen LogP contribution in [0.4, 0.5) is 10.5 Å². The summed E-state index contributed by atoms with van der Waals surface area (Å²) in [4.78, 5) is 21.1. The van der Waals surface area contributed by atoms with Gasteiger partial charge in [-0.3, -0.25) is 0 Å². The summed E-state index contributed by atoms with van der Waals surface area (Å²) in [7, 11) is 0. The van der Waals surface area contributed by atoms with E-state index < -0.39 is 0 Å². The molecule has 1 rings (SSSR count). The van der Waals surface area contributed by atoms with Crippen molar-refractivity contribution in [3.8, 4) is 0 Å². The molecular weight excluding hydrogens is 330 g/mol. The average Bonchev–Trinajstić information content (AvgIpc) is 2.24. The zero-order chi connectivity index (χ0) is 11.8. The monoisotopic (exact) mass is 344 g/mol. The van der Waals surface area contributed by atoms with Crippen molar-refractivity contribution in [3.63, 3.8) is 0 Å². The Balaban J connectivity index is 0. The predicted octanol–water partition coefficient (Wildman–Crippen LogP) is 1.57. The number of amides is 3. The van der Waals surface area contributed by atoms with Crippen molar-refractivity contribution in [1.82, 2.24) is 10.6 Å². The first kappa shape index (κ1) is 19.7. The Kier molecular flexibility index (Phi) is 12.5. The predicted molar refractivity (Wildman–Crippen MR) is 68.6 cm³/mol. The van der Waals surface area contributed by atoms with E-state index in [4.69, 9.17) is 11.6 Å². The Morgan fingerprint density at radius 1 is 1.33 bits per heavy atom. The number of carbonyl (C=O) groups is 1. The summed E-state index contributed by atoms with van der Waals surface area (Å²) in [5, 5.41) is 8.01. The molecule has 1 aromatic rings. The van der Waals surface area contributed by atoms with Crippen LogP contribution in [0.15, 0.2) is 24.3 Å². The molecule has 0 aliphatic rings. The van der Waals surface area contributed by atoms with Gasteiger partial charge in [0.2, 0.25) is 0 Å². The standard InChI is InChI=1S/C10H11ClN3O2.CH3.Y/c11-8-2-1-3-9(6-8)14-10(16)13-5-4-12-7-15;;/h1-3,6H,4-5H2,(H,12,15)(H2,13,14,16);1H3;/q2*-1;. The molecule has 97 valence electrons. The third kappa shape index (κ3) is 8.45. The summed E-state index contributed by atoms with van der Waals surface area (Å²) in [6.07, 6.45) is 1.51. The minimum Gasteiger partial charge on any atom is -0.528 e. The molecule has 18 heavy (non-hydrogen) atoms. The van der Waals surface area contributed by atoms with Crippen LogP contribution < -0.4 is 16.0 Å². The van der Waals surface area contributed by atoms with Crippen LogP contribution in [0.25, 0.3) is 0 Å². The molecule has 0 unspecified atom stereocenters. The molecular formula is C11H14ClN3O2Y-2. The van der Waals surface area contributed by atoms with Crippen LogP contribution in [-0.4, -0.2) is 25.5 Å². The summed E-state index contributed by atoms with van der Waals surface area (Å²) in [5.41, 5.74) is 0.611. The van der Waals surface area contributed by atoms with Gasteiger partial charge < -0.3 is 28.2 Å². The van der Waals surface area contributed by atoms with Gasteiger partial charge in [0.25, 0.3) is 0 Å². The van der Waals surface area contributed by atoms with E-state index in [0.717, 1.165) is 0 Å². The Morgan fingerprint density at radius 2 is 2.06 bits per heavy atom. The smallest absolute Gasteiger partial charge is 0.319 e. The van der Waals surface area contributed by atoms with Gasteiger partial charge >= 0.3 is 6.03 Å². The maximum absolute atomic E-state index is 11.3. The average molecular weight is 345 g/mol. The molecule has 0 atom stereocenters. The van der Waals surface area contributed by atoms with Crippen molar-refractivity contribution >= 4 is 29.7 Å². The van der Waals surface area contributed by atoms with Gasteiger partial charge in [0.1, 0.15) is 0 Å². The van der Waals surface area contributed by atoms with Crippen molar-refractivity contribution in [3.05, 3.63) is 36.7 Å². The fourth-order valence-corrected chi connectivity index (χ4v) is 1.22. The van der Waals surface area contributed by atoms with Crippen LogP contribution >= 0.6 is 11.6 Å². The minimum absolute atomic E-state index is 0. The molecule has 0 aliphatic carbocycles. The molecule has 7 heteroatoms. The summed E-state index contributed by atoms with van der Waals surface area (Å²) < 4.78 is 0. The van der Waals surface area contributed by atoms with E-state index >= 15 is 0 Å². The van der Waals surface area contributed by atoms with E-state index in [2.05, 4.69) is 16.0 Å². The first-order valence-electron chi connectivity index (χ1n) is 4.63. The Labute approximate surface area is 137 Å². The summed E-state index contributed by atoms with van der Waals surface area (Å²) in [6.45, 7) is 0.675. The first-order valence-corrected chi connectivity index (χ1v) is 5.00. The summed E-state index contributed by atoms with van der Waals surface area (Å²) >= 11 is 5.75. The van der Waals surface area contributed by atoms with Gasteiger partial charge in [-0.05, 0) is 18.2 Å². The molecule has 3 amide bonds. The number of nitrogens with one attached hydrogen (secondary N) is 3. The van der Waals surface area contributed by atoms with Crippen LogP contribution in [0.3, 0.4) is 0 Å². The molecule has 0 saturated heterocycles. The second kappa shape index (κ2) is 11.4. The number of benzene rings is 1. The normalized spacial score (nSPS) is 8.28. The van der Waals surface area contributed by atoms with Crippen molar-refractivity contribution < 1.29 is 42.3 Å². The number of carbonyl (C=O) groups excluding carboxylic acids is 2. The van der Waals surface area contributed by atoms with Crippen LogP contribution in [0.1, 0.15) is 0 Å². The molecule has 0 fully saturated rings. The number of anilines is 1. The molecule has 0 spiro atoms. The van der Waals surface area contributed by atoms with E-state index in [0.29, 0.717) is 23.8 Å². The Hall–Kier alpha value is -0.646. The summed E-state index contributed by atoms with van der Waals surface area (Å²) in [6, 6.07) is 6.46. The number of urea groups is 1. The van der Waals surface area contributed by atoms with Gasteiger partial charge in [-0.1, -0.05) is 17.7 Å². The maximum Gasteiger partial charge on any atom is 0.319 e. The van der Waals surface area contributed by atoms with Crippen LogP contribution in [0, 0.1) is 7.43 Å². The third-order valence-corrected chi connectivity index (χ3v) is 1.93. The van der Waals surface area contributed by atoms with Crippen molar-refractivity contribution in [2.24, 2.45) is 0 Å². The number of hydrogen-bond donors (Lipinski definition) is 3. The fourth-order valence-electron chi connectivity index (χ4n) is 1.03. The summed E-state index contributed by atoms with van der Waals surface area (Å²) in [5.74, 6) is 0. The number of rotatable bonds is 5. The van der Waals surface area contributed by atoms with Crippen molar-refractivity contribution in [2.75, 3.05) is 18.4 Å². The molecule has 3 N–H and O–H groups in total. The van der Waals surface area contributed by atoms with Gasteiger partial charge in [-0.25, -0.2) is 4.79 Å². The third-order valence-electron chi connectivity index (χ3n) is 1.69. The molecule has 0 saturated carbocycles. The zero-order valence-corrected chi connectivity index (χ0v) is 13.6. The first-order chi connectivity index (χ1) is 7.72. The Morgan fingerprint density at radius 3 is 2.67 bits per heavy atom. The molecule has 0 bridgehead atoms. The van der Waals surface area contributed by atoms with E-state index in [-0.39, 0.29) is 46.2 Å². The quantitative estimate of drug-likeness (QED) is 0.431. The molecule has 1 aromatic carbocycles. The second-order valence-corrected chi connectivity index (χ2v) is 3.36. The fraction of sp³-hybridized carbons (Fsp3) is 0.182. The van der Waals surface area contributed by atoms with Gasteiger partial charge in [0.05, 0.1) is 0 Å². The Bertz CT molecular complexity index is 377. The van der Waals surface area contributed by atoms with E-state index in [1.54, 1.807) is 24.3 Å². The number of halogens is 1.